The van der Waals surface area contributed by atoms with Gasteiger partial charge in [0, 0.05) is 12.6 Å². The van der Waals surface area contributed by atoms with Crippen LogP contribution in [-0.2, 0) is 6.42 Å². The van der Waals surface area contributed by atoms with Crippen molar-refractivity contribution < 1.29 is 0 Å². The van der Waals surface area contributed by atoms with Gasteiger partial charge in [-0.15, -0.1) is 0 Å². The number of rotatable bonds is 2. The van der Waals surface area contributed by atoms with Crippen molar-refractivity contribution in [2.45, 2.75) is 6.42 Å². The Morgan fingerprint density at radius 2 is 2.40 bits per heavy atom. The first-order valence-corrected chi connectivity index (χ1v) is 3.78. The van der Waals surface area contributed by atoms with Gasteiger partial charge in [-0.05, 0) is 17.9 Å². The average molecular weight is 154 g/mol. The SMILES string of the molecule is Nc1cccnc1CCS. The standard InChI is InChI=1S/C7H10N2S/c8-6-2-1-4-9-7(6)3-5-10/h1-2,4,10H,3,5,8H2. The van der Waals surface area contributed by atoms with Crippen LogP contribution in [0, 0.1) is 0 Å². The van der Waals surface area contributed by atoms with Gasteiger partial charge in [-0.1, -0.05) is 0 Å². The van der Waals surface area contributed by atoms with Gasteiger partial charge in [0.25, 0.3) is 0 Å². The Morgan fingerprint density at radius 1 is 1.60 bits per heavy atom. The molecule has 0 amide bonds. The van der Waals surface area contributed by atoms with Crippen molar-refractivity contribution in [1.29, 1.82) is 0 Å². The minimum absolute atomic E-state index is 0.761. The molecule has 1 rings (SSSR count). The molecular formula is C7H10N2S. The summed E-state index contributed by atoms with van der Waals surface area (Å²) in [6.45, 7) is 0. The molecule has 0 saturated carbocycles. The predicted octanol–water partition coefficient (Wildman–Crippen LogP) is 1.14. The zero-order valence-corrected chi connectivity index (χ0v) is 6.51. The van der Waals surface area contributed by atoms with Gasteiger partial charge in [-0.3, -0.25) is 4.98 Å². The number of thiol groups is 1. The van der Waals surface area contributed by atoms with Gasteiger partial charge < -0.3 is 5.73 Å². The lowest BCUT2D eigenvalue weighted by Crippen LogP contribution is -1.97. The van der Waals surface area contributed by atoms with E-state index in [-0.39, 0.29) is 0 Å². The lowest BCUT2D eigenvalue weighted by molar-refractivity contribution is 1.06. The largest absolute Gasteiger partial charge is 0.397 e. The van der Waals surface area contributed by atoms with E-state index < -0.39 is 0 Å². The smallest absolute Gasteiger partial charge is 0.0640 e. The number of pyridine rings is 1. The molecule has 0 aliphatic rings. The molecule has 0 bridgehead atoms. The summed E-state index contributed by atoms with van der Waals surface area (Å²) in [5, 5.41) is 0. The van der Waals surface area contributed by atoms with Crippen molar-refractivity contribution in [2.24, 2.45) is 0 Å². The first kappa shape index (κ1) is 7.41. The van der Waals surface area contributed by atoms with Crippen LogP contribution in [0.25, 0.3) is 0 Å². The van der Waals surface area contributed by atoms with Crippen LogP contribution in [0.15, 0.2) is 18.3 Å². The molecule has 0 spiro atoms. The Bertz CT molecular complexity index is 213. The van der Waals surface area contributed by atoms with Gasteiger partial charge in [-0.25, -0.2) is 0 Å². The molecule has 0 radical (unpaired) electrons. The van der Waals surface area contributed by atoms with E-state index in [0.717, 1.165) is 23.6 Å². The fourth-order valence-corrected chi connectivity index (χ4v) is 0.977. The Hall–Kier alpha value is -0.700. The van der Waals surface area contributed by atoms with E-state index in [1.165, 1.54) is 0 Å². The van der Waals surface area contributed by atoms with Crippen LogP contribution < -0.4 is 5.73 Å². The van der Waals surface area contributed by atoms with Crippen LogP contribution in [0.5, 0.6) is 0 Å². The fraction of sp³-hybridized carbons (Fsp3) is 0.286. The summed E-state index contributed by atoms with van der Waals surface area (Å²) in [6, 6.07) is 3.68. The highest BCUT2D eigenvalue weighted by atomic mass is 32.1. The van der Waals surface area contributed by atoms with E-state index in [1.807, 2.05) is 12.1 Å². The molecular weight excluding hydrogens is 144 g/mol. The van der Waals surface area contributed by atoms with E-state index in [0.29, 0.717) is 0 Å². The molecule has 3 heteroatoms. The van der Waals surface area contributed by atoms with Gasteiger partial charge >= 0.3 is 0 Å². The van der Waals surface area contributed by atoms with Crippen molar-refractivity contribution in [3.05, 3.63) is 24.0 Å². The lowest BCUT2D eigenvalue weighted by Gasteiger charge is -1.99. The van der Waals surface area contributed by atoms with Crippen molar-refractivity contribution >= 4 is 18.3 Å². The average Bonchev–Trinajstić information content (AvgIpc) is 1.94. The van der Waals surface area contributed by atoms with Crippen molar-refractivity contribution in [3.8, 4) is 0 Å². The summed E-state index contributed by atoms with van der Waals surface area (Å²) in [4.78, 5) is 4.09. The predicted molar refractivity (Wildman–Crippen MR) is 46.2 cm³/mol. The van der Waals surface area contributed by atoms with Crippen molar-refractivity contribution in [2.75, 3.05) is 11.5 Å². The zero-order chi connectivity index (χ0) is 7.40. The highest BCUT2D eigenvalue weighted by molar-refractivity contribution is 7.80. The normalized spacial score (nSPS) is 9.70. The molecule has 2 N–H and O–H groups in total. The van der Waals surface area contributed by atoms with Crippen LogP contribution in [-0.4, -0.2) is 10.7 Å². The molecule has 54 valence electrons. The minimum Gasteiger partial charge on any atom is -0.397 e. The third-order valence-corrected chi connectivity index (χ3v) is 1.50. The van der Waals surface area contributed by atoms with E-state index >= 15 is 0 Å². The molecule has 0 aromatic carbocycles. The second-order valence-electron chi connectivity index (χ2n) is 2.01. The molecule has 10 heavy (non-hydrogen) atoms. The van der Waals surface area contributed by atoms with Crippen molar-refractivity contribution in [3.63, 3.8) is 0 Å². The third kappa shape index (κ3) is 1.64. The van der Waals surface area contributed by atoms with Crippen LogP contribution in [0.2, 0.25) is 0 Å². The molecule has 0 unspecified atom stereocenters. The molecule has 0 aliphatic carbocycles. The number of hydrogen-bond acceptors (Lipinski definition) is 3. The molecule has 1 aromatic heterocycles. The number of nitrogen functional groups attached to an aromatic ring is 1. The molecule has 2 nitrogen and oxygen atoms in total. The first-order valence-electron chi connectivity index (χ1n) is 3.15. The maximum Gasteiger partial charge on any atom is 0.0640 e. The van der Waals surface area contributed by atoms with Gasteiger partial charge in [0.05, 0.1) is 11.4 Å². The maximum atomic E-state index is 5.61. The van der Waals surface area contributed by atoms with E-state index in [2.05, 4.69) is 17.6 Å². The summed E-state index contributed by atoms with van der Waals surface area (Å²) in [6.07, 6.45) is 2.59. The van der Waals surface area contributed by atoms with E-state index in [4.69, 9.17) is 5.73 Å². The number of anilines is 1. The fourth-order valence-electron chi connectivity index (χ4n) is 0.765. The van der Waals surface area contributed by atoms with Gasteiger partial charge in [-0.2, -0.15) is 12.6 Å². The molecule has 0 saturated heterocycles. The van der Waals surface area contributed by atoms with Crippen LogP contribution >= 0.6 is 12.6 Å². The quantitative estimate of drug-likeness (QED) is 0.627. The number of hydrogen-bond donors (Lipinski definition) is 2. The number of aryl methyl sites for hydroxylation is 1. The summed E-state index contributed by atoms with van der Waals surface area (Å²) < 4.78 is 0. The number of aromatic nitrogens is 1. The van der Waals surface area contributed by atoms with Gasteiger partial charge in [0.2, 0.25) is 0 Å². The molecule has 0 aliphatic heterocycles. The highest BCUT2D eigenvalue weighted by Crippen LogP contribution is 2.07. The minimum atomic E-state index is 0.761. The molecule has 1 heterocycles. The van der Waals surface area contributed by atoms with Gasteiger partial charge in [0.15, 0.2) is 0 Å². The Morgan fingerprint density at radius 3 is 3.00 bits per heavy atom. The monoisotopic (exact) mass is 154 g/mol. The topological polar surface area (TPSA) is 38.9 Å². The summed E-state index contributed by atoms with van der Waals surface area (Å²) >= 11 is 4.08. The molecule has 1 aromatic rings. The second kappa shape index (κ2) is 3.46. The summed E-state index contributed by atoms with van der Waals surface area (Å²) in [7, 11) is 0. The second-order valence-corrected chi connectivity index (χ2v) is 2.46. The van der Waals surface area contributed by atoms with E-state index in [9.17, 15) is 0 Å². The third-order valence-electron chi connectivity index (χ3n) is 1.27. The van der Waals surface area contributed by atoms with Crippen molar-refractivity contribution in [1.82, 2.24) is 4.98 Å². The highest BCUT2D eigenvalue weighted by Gasteiger charge is 1.95. The van der Waals surface area contributed by atoms with Crippen LogP contribution in [0.3, 0.4) is 0 Å². The lowest BCUT2D eigenvalue weighted by atomic mass is 10.2. The van der Waals surface area contributed by atoms with Crippen LogP contribution in [0.1, 0.15) is 5.69 Å². The summed E-state index contributed by atoms with van der Waals surface area (Å²) in [5.41, 5.74) is 7.31. The Balaban J connectivity index is 2.81. The number of nitrogens with two attached hydrogens (primary N) is 1. The Kier molecular flexibility index (Phi) is 2.57. The number of nitrogens with zero attached hydrogens (tertiary/aromatic N) is 1. The summed E-state index contributed by atoms with van der Waals surface area (Å²) in [5.74, 6) is 0.793. The van der Waals surface area contributed by atoms with Crippen LogP contribution in [0.4, 0.5) is 5.69 Å². The molecule has 0 atom stereocenters. The van der Waals surface area contributed by atoms with E-state index in [1.54, 1.807) is 6.20 Å². The maximum absolute atomic E-state index is 5.61. The zero-order valence-electron chi connectivity index (χ0n) is 5.62. The van der Waals surface area contributed by atoms with Gasteiger partial charge in [0.1, 0.15) is 0 Å². The Labute approximate surface area is 65.9 Å². The first-order chi connectivity index (χ1) is 4.84. The molecule has 0 fully saturated rings.